The van der Waals surface area contributed by atoms with Crippen LogP contribution in [0.3, 0.4) is 0 Å². The minimum atomic E-state index is -0.0887. The smallest absolute Gasteiger partial charge is 0.237 e. The van der Waals surface area contributed by atoms with Crippen LogP contribution >= 0.6 is 11.6 Å². The number of ether oxygens (including phenoxy) is 1. The number of halogens is 1. The van der Waals surface area contributed by atoms with Gasteiger partial charge in [0, 0.05) is 7.05 Å². The number of benzene rings is 1. The first kappa shape index (κ1) is 12.8. The monoisotopic (exact) mass is 241 g/mol. The average Bonchev–Trinajstić information content (AvgIpc) is 2.30. The predicted molar refractivity (Wildman–Crippen MR) is 65.0 cm³/mol. The highest BCUT2D eigenvalue weighted by molar-refractivity contribution is 6.27. The summed E-state index contributed by atoms with van der Waals surface area (Å²) in [4.78, 5) is 12.7. The van der Waals surface area contributed by atoms with Gasteiger partial charge < -0.3 is 9.64 Å². The van der Waals surface area contributed by atoms with Crippen molar-refractivity contribution in [3.8, 4) is 5.75 Å². The highest BCUT2D eigenvalue weighted by Gasteiger charge is 2.05. The highest BCUT2D eigenvalue weighted by atomic mass is 35.5. The zero-order valence-corrected chi connectivity index (χ0v) is 10.3. The summed E-state index contributed by atoms with van der Waals surface area (Å²) in [5.41, 5.74) is 1.20. The molecule has 0 spiro atoms. The van der Waals surface area contributed by atoms with Crippen LogP contribution in [-0.2, 0) is 4.79 Å². The number of aryl methyl sites for hydroxylation is 1. The molecule has 0 saturated heterocycles. The minimum Gasteiger partial charge on any atom is -0.492 e. The second kappa shape index (κ2) is 6.38. The summed E-state index contributed by atoms with van der Waals surface area (Å²) < 4.78 is 5.49. The number of carbonyl (C=O) groups excluding carboxylic acids is 1. The van der Waals surface area contributed by atoms with Gasteiger partial charge in [0.25, 0.3) is 0 Å². The first-order valence-electron chi connectivity index (χ1n) is 5.13. The Morgan fingerprint density at radius 1 is 1.38 bits per heavy atom. The lowest BCUT2D eigenvalue weighted by Gasteiger charge is -2.16. The number of rotatable bonds is 5. The fourth-order valence-corrected chi connectivity index (χ4v) is 1.37. The topological polar surface area (TPSA) is 29.5 Å². The van der Waals surface area contributed by atoms with Crippen molar-refractivity contribution in [3.05, 3.63) is 29.8 Å². The van der Waals surface area contributed by atoms with Crippen molar-refractivity contribution in [2.75, 3.05) is 26.1 Å². The third kappa shape index (κ3) is 4.11. The maximum absolute atomic E-state index is 11.1. The largest absolute Gasteiger partial charge is 0.492 e. The second-order valence-electron chi connectivity index (χ2n) is 3.61. The molecule has 0 aliphatic heterocycles. The lowest BCUT2D eigenvalue weighted by Crippen LogP contribution is -2.31. The molecule has 0 aliphatic rings. The van der Waals surface area contributed by atoms with E-state index in [1.165, 1.54) is 5.56 Å². The minimum absolute atomic E-state index is 0.0149. The van der Waals surface area contributed by atoms with Crippen molar-refractivity contribution >= 4 is 17.5 Å². The van der Waals surface area contributed by atoms with Crippen molar-refractivity contribution < 1.29 is 9.53 Å². The Kier molecular flexibility index (Phi) is 5.12. The second-order valence-corrected chi connectivity index (χ2v) is 3.88. The summed E-state index contributed by atoms with van der Waals surface area (Å²) in [6, 6.07) is 7.81. The molecule has 1 aromatic carbocycles. The quantitative estimate of drug-likeness (QED) is 0.739. The Morgan fingerprint density at radius 2 is 2.00 bits per heavy atom. The molecular weight excluding hydrogens is 226 g/mol. The molecule has 1 amide bonds. The van der Waals surface area contributed by atoms with Crippen LogP contribution in [0.1, 0.15) is 5.56 Å². The summed E-state index contributed by atoms with van der Waals surface area (Å²) in [6.07, 6.45) is 0. The molecular formula is C12H16ClNO2. The summed E-state index contributed by atoms with van der Waals surface area (Å²) in [6.45, 7) is 3.04. The van der Waals surface area contributed by atoms with E-state index in [9.17, 15) is 4.79 Å². The summed E-state index contributed by atoms with van der Waals surface area (Å²) >= 11 is 5.43. The Labute approximate surface area is 101 Å². The number of carbonyl (C=O) groups is 1. The van der Waals surface area contributed by atoms with E-state index in [4.69, 9.17) is 16.3 Å². The van der Waals surface area contributed by atoms with Crippen LogP contribution in [0.2, 0.25) is 0 Å². The van der Waals surface area contributed by atoms with Crippen molar-refractivity contribution in [1.82, 2.24) is 4.90 Å². The Morgan fingerprint density at radius 3 is 2.56 bits per heavy atom. The molecule has 1 rings (SSSR count). The number of hydrogen-bond donors (Lipinski definition) is 0. The first-order valence-corrected chi connectivity index (χ1v) is 5.66. The van der Waals surface area contributed by atoms with Gasteiger partial charge >= 0.3 is 0 Å². The number of alkyl halides is 1. The van der Waals surface area contributed by atoms with Crippen molar-refractivity contribution in [3.63, 3.8) is 0 Å². The fraction of sp³-hybridized carbons (Fsp3) is 0.417. The van der Waals surface area contributed by atoms with Gasteiger partial charge in [-0.3, -0.25) is 4.79 Å². The summed E-state index contributed by atoms with van der Waals surface area (Å²) in [7, 11) is 1.71. The van der Waals surface area contributed by atoms with E-state index in [-0.39, 0.29) is 11.8 Å². The van der Waals surface area contributed by atoms with Gasteiger partial charge in [-0.05, 0) is 19.1 Å². The number of likely N-dealkylation sites (N-methyl/N-ethyl adjacent to an activating group) is 1. The molecule has 3 nitrogen and oxygen atoms in total. The molecule has 0 radical (unpaired) electrons. The third-order valence-electron chi connectivity index (χ3n) is 2.26. The van der Waals surface area contributed by atoms with Crippen molar-refractivity contribution in [2.45, 2.75) is 6.92 Å². The molecule has 0 bridgehead atoms. The molecule has 0 heterocycles. The average molecular weight is 242 g/mol. The van der Waals surface area contributed by atoms with Crippen molar-refractivity contribution in [1.29, 1.82) is 0 Å². The third-order valence-corrected chi connectivity index (χ3v) is 2.49. The van der Waals surface area contributed by atoms with Crippen molar-refractivity contribution in [2.24, 2.45) is 0 Å². The van der Waals surface area contributed by atoms with Crippen LogP contribution in [0.5, 0.6) is 5.75 Å². The van der Waals surface area contributed by atoms with Gasteiger partial charge in [-0.15, -0.1) is 11.6 Å². The van der Waals surface area contributed by atoms with Crippen LogP contribution in [0, 0.1) is 6.92 Å². The Balaban J connectivity index is 2.30. The van der Waals surface area contributed by atoms with E-state index >= 15 is 0 Å². The predicted octanol–water partition coefficient (Wildman–Crippen LogP) is 2.07. The summed E-state index contributed by atoms with van der Waals surface area (Å²) in [5.74, 6) is 0.743. The van der Waals surface area contributed by atoms with Gasteiger partial charge in [-0.2, -0.15) is 0 Å². The van der Waals surface area contributed by atoms with E-state index in [1.807, 2.05) is 31.2 Å². The van der Waals surface area contributed by atoms with Crippen LogP contribution < -0.4 is 4.74 Å². The molecule has 0 saturated carbocycles. The lowest BCUT2D eigenvalue weighted by atomic mass is 10.2. The normalized spacial score (nSPS) is 9.94. The van der Waals surface area contributed by atoms with Gasteiger partial charge in [-0.1, -0.05) is 17.7 Å². The van der Waals surface area contributed by atoms with Gasteiger partial charge in [0.1, 0.15) is 18.2 Å². The van der Waals surface area contributed by atoms with Crippen LogP contribution in [0.4, 0.5) is 0 Å². The lowest BCUT2D eigenvalue weighted by molar-refractivity contribution is -0.127. The molecule has 0 aromatic heterocycles. The summed E-state index contributed by atoms with van der Waals surface area (Å²) in [5, 5.41) is 0. The van der Waals surface area contributed by atoms with E-state index in [1.54, 1.807) is 11.9 Å². The molecule has 0 unspecified atom stereocenters. The van der Waals surface area contributed by atoms with Gasteiger partial charge in [0.15, 0.2) is 0 Å². The number of hydrogen-bond acceptors (Lipinski definition) is 2. The highest BCUT2D eigenvalue weighted by Crippen LogP contribution is 2.10. The molecule has 88 valence electrons. The molecule has 0 fully saturated rings. The maximum Gasteiger partial charge on any atom is 0.237 e. The van der Waals surface area contributed by atoms with E-state index < -0.39 is 0 Å². The number of amides is 1. The van der Waals surface area contributed by atoms with E-state index in [0.29, 0.717) is 13.2 Å². The fourth-order valence-electron chi connectivity index (χ4n) is 1.16. The van der Waals surface area contributed by atoms with Crippen LogP contribution in [0.15, 0.2) is 24.3 Å². The van der Waals surface area contributed by atoms with Gasteiger partial charge in [-0.25, -0.2) is 0 Å². The van der Waals surface area contributed by atoms with Crippen LogP contribution in [-0.4, -0.2) is 36.9 Å². The van der Waals surface area contributed by atoms with E-state index in [2.05, 4.69) is 0 Å². The first-order chi connectivity index (χ1) is 7.63. The molecule has 4 heteroatoms. The maximum atomic E-state index is 11.1. The van der Waals surface area contributed by atoms with Crippen LogP contribution in [0.25, 0.3) is 0 Å². The molecule has 16 heavy (non-hydrogen) atoms. The molecule has 0 atom stereocenters. The van der Waals surface area contributed by atoms with Gasteiger partial charge in [0.2, 0.25) is 5.91 Å². The zero-order valence-electron chi connectivity index (χ0n) is 9.57. The molecule has 1 aromatic rings. The van der Waals surface area contributed by atoms with Gasteiger partial charge in [0.05, 0.1) is 6.54 Å². The Bertz CT molecular complexity index is 337. The molecule has 0 N–H and O–H groups in total. The standard InChI is InChI=1S/C12H16ClNO2/c1-10-3-5-11(6-4-10)16-8-7-14(2)12(15)9-13/h3-6H,7-9H2,1-2H3. The number of nitrogens with zero attached hydrogens (tertiary/aromatic N) is 1. The van der Waals surface area contributed by atoms with E-state index in [0.717, 1.165) is 5.75 Å². The molecule has 0 aliphatic carbocycles. The SMILES string of the molecule is Cc1ccc(OCCN(C)C(=O)CCl)cc1. The zero-order chi connectivity index (χ0) is 12.0. The Hall–Kier alpha value is -1.22.